The number of imide groups is 1. The Bertz CT molecular complexity index is 1630. The summed E-state index contributed by atoms with van der Waals surface area (Å²) in [7, 11) is 0. The average Bonchev–Trinajstić information content (AvgIpc) is 3.59. The van der Waals surface area contributed by atoms with E-state index in [-0.39, 0.29) is 17.7 Å². The summed E-state index contributed by atoms with van der Waals surface area (Å²) in [6.07, 6.45) is 9.22. The first-order valence-electron chi connectivity index (χ1n) is 16.4. The highest BCUT2D eigenvalue weighted by Gasteiger charge is 2.27. The van der Waals surface area contributed by atoms with Crippen molar-refractivity contribution >= 4 is 46.4 Å². The van der Waals surface area contributed by atoms with Gasteiger partial charge in [-0.15, -0.1) is 5.10 Å². The van der Waals surface area contributed by atoms with Crippen molar-refractivity contribution in [2.24, 2.45) is 0 Å². The number of hydrogen-bond acceptors (Lipinski definition) is 9. The first-order valence-corrected chi connectivity index (χ1v) is 16.4. The molecule has 13 heteroatoms. The Morgan fingerprint density at radius 1 is 0.938 bits per heavy atom. The van der Waals surface area contributed by atoms with Crippen LogP contribution in [0.25, 0.3) is 10.9 Å². The Labute approximate surface area is 278 Å². The van der Waals surface area contributed by atoms with Gasteiger partial charge in [-0.05, 0) is 37.6 Å². The number of benzene rings is 2. The number of aliphatic carboxylic acids is 1. The molecular formula is C35H42FN5O7. The van der Waals surface area contributed by atoms with Crippen LogP contribution in [0.5, 0.6) is 0 Å². The largest absolute Gasteiger partial charge is 0.478 e. The number of esters is 1. The molecule has 1 saturated heterocycles. The predicted molar refractivity (Wildman–Crippen MR) is 177 cm³/mol. The Morgan fingerprint density at radius 3 is 2.19 bits per heavy atom. The molecule has 2 N–H and O–H groups in total. The highest BCUT2D eigenvalue weighted by atomic mass is 19.1. The number of carboxylic acids is 1. The van der Waals surface area contributed by atoms with E-state index in [9.17, 15) is 28.4 Å². The number of halogens is 1. The normalized spacial score (nSPS) is 15.2. The molecule has 1 atom stereocenters. The van der Waals surface area contributed by atoms with Crippen LogP contribution >= 0.6 is 0 Å². The lowest BCUT2D eigenvalue weighted by molar-refractivity contribution is -0.152. The predicted octanol–water partition coefficient (Wildman–Crippen LogP) is 5.18. The third kappa shape index (κ3) is 9.57. The highest BCUT2D eigenvalue weighted by Crippen LogP contribution is 2.28. The van der Waals surface area contributed by atoms with Crippen LogP contribution in [0.4, 0.5) is 10.2 Å². The van der Waals surface area contributed by atoms with E-state index in [0.29, 0.717) is 55.1 Å². The minimum Gasteiger partial charge on any atom is -0.478 e. The van der Waals surface area contributed by atoms with Gasteiger partial charge in [0.05, 0.1) is 16.6 Å². The Balaban J connectivity index is 0.000000395. The SMILES string of the molecule is CCCCCCCCCC(=O)n1nc(N2CCN(C(C)OC(=O)/C=C\C(=O)O)CC2)c2ccc(F)cc21.O=C1NC(=O)c2ccccc21. The maximum absolute atomic E-state index is 14.1. The molecule has 256 valence electrons. The minimum atomic E-state index is -1.22. The van der Waals surface area contributed by atoms with Crippen LogP contribution in [0.2, 0.25) is 0 Å². The molecule has 2 aliphatic rings. The maximum Gasteiger partial charge on any atom is 0.332 e. The van der Waals surface area contributed by atoms with Gasteiger partial charge in [-0.1, -0.05) is 57.6 Å². The molecule has 2 aromatic carbocycles. The zero-order chi connectivity index (χ0) is 34.6. The van der Waals surface area contributed by atoms with Gasteiger partial charge in [0.15, 0.2) is 12.0 Å². The zero-order valence-corrected chi connectivity index (χ0v) is 27.3. The molecule has 1 fully saturated rings. The minimum absolute atomic E-state index is 0.135. The topological polar surface area (TPSA) is 151 Å². The number of anilines is 1. The molecule has 1 unspecified atom stereocenters. The van der Waals surface area contributed by atoms with Crippen molar-refractivity contribution < 1.29 is 38.2 Å². The smallest absolute Gasteiger partial charge is 0.332 e. The van der Waals surface area contributed by atoms with Gasteiger partial charge in [0.2, 0.25) is 5.91 Å². The summed E-state index contributed by atoms with van der Waals surface area (Å²) in [6.45, 7) is 6.20. The number of carbonyl (C=O) groups is 5. The third-order valence-corrected chi connectivity index (χ3v) is 8.27. The summed E-state index contributed by atoms with van der Waals surface area (Å²) in [5.74, 6) is -2.45. The van der Waals surface area contributed by atoms with Crippen molar-refractivity contribution in [2.75, 3.05) is 31.1 Å². The van der Waals surface area contributed by atoms with Crippen molar-refractivity contribution in [1.29, 1.82) is 0 Å². The van der Waals surface area contributed by atoms with E-state index in [2.05, 4.69) is 17.3 Å². The maximum atomic E-state index is 14.1. The van der Waals surface area contributed by atoms with Gasteiger partial charge in [0, 0.05) is 56.2 Å². The van der Waals surface area contributed by atoms with Crippen molar-refractivity contribution in [3.63, 3.8) is 0 Å². The average molecular weight is 664 g/mol. The number of piperazine rings is 1. The quantitative estimate of drug-likeness (QED) is 0.108. The van der Waals surface area contributed by atoms with Crippen LogP contribution in [0.1, 0.15) is 90.7 Å². The van der Waals surface area contributed by atoms with Crippen LogP contribution in [0.3, 0.4) is 0 Å². The van der Waals surface area contributed by atoms with E-state index in [1.165, 1.54) is 42.5 Å². The first-order chi connectivity index (χ1) is 23.1. The molecule has 5 rings (SSSR count). The van der Waals surface area contributed by atoms with E-state index in [1.54, 1.807) is 37.3 Å². The van der Waals surface area contributed by atoms with Gasteiger partial charge in [0.1, 0.15) is 5.82 Å². The molecule has 0 radical (unpaired) electrons. The van der Waals surface area contributed by atoms with Crippen LogP contribution < -0.4 is 10.2 Å². The summed E-state index contributed by atoms with van der Waals surface area (Å²) in [6, 6.07) is 11.1. The zero-order valence-electron chi connectivity index (χ0n) is 27.3. The number of rotatable bonds is 13. The number of carbonyl (C=O) groups excluding carboxylic acids is 4. The highest BCUT2D eigenvalue weighted by molar-refractivity contribution is 6.21. The lowest BCUT2D eigenvalue weighted by atomic mass is 10.1. The molecule has 0 bridgehead atoms. The first kappa shape index (κ1) is 35.9. The van der Waals surface area contributed by atoms with Gasteiger partial charge in [0.25, 0.3) is 11.8 Å². The summed E-state index contributed by atoms with van der Waals surface area (Å²) < 4.78 is 20.7. The number of nitrogens with one attached hydrogen (secondary N) is 1. The fourth-order valence-corrected chi connectivity index (χ4v) is 5.67. The van der Waals surface area contributed by atoms with E-state index in [0.717, 1.165) is 36.8 Å². The van der Waals surface area contributed by atoms with E-state index >= 15 is 0 Å². The van der Waals surface area contributed by atoms with Gasteiger partial charge < -0.3 is 14.7 Å². The second-order valence-electron chi connectivity index (χ2n) is 11.7. The molecule has 12 nitrogen and oxygen atoms in total. The molecule has 0 spiro atoms. The number of unbranched alkanes of at least 4 members (excludes halogenated alkanes) is 6. The second-order valence-corrected chi connectivity index (χ2v) is 11.7. The number of hydrogen-bond donors (Lipinski definition) is 2. The van der Waals surface area contributed by atoms with Gasteiger partial charge in [-0.2, -0.15) is 4.68 Å². The summed E-state index contributed by atoms with van der Waals surface area (Å²) >= 11 is 0. The summed E-state index contributed by atoms with van der Waals surface area (Å²) in [5.41, 5.74) is 1.41. The fraction of sp³-hybridized carbons (Fsp3) is 0.429. The number of fused-ring (bicyclic) bond motifs is 2. The molecule has 3 aromatic rings. The summed E-state index contributed by atoms with van der Waals surface area (Å²) in [5, 5.41) is 16.2. The summed E-state index contributed by atoms with van der Waals surface area (Å²) in [4.78, 5) is 61.3. The molecule has 3 heterocycles. The molecule has 1 aromatic heterocycles. The van der Waals surface area contributed by atoms with Crippen molar-refractivity contribution in [3.8, 4) is 0 Å². The fourth-order valence-electron chi connectivity index (χ4n) is 5.67. The molecular weight excluding hydrogens is 621 g/mol. The number of nitrogens with zero attached hydrogens (tertiary/aromatic N) is 4. The lowest BCUT2D eigenvalue weighted by Gasteiger charge is -2.37. The molecule has 2 aliphatic heterocycles. The lowest BCUT2D eigenvalue weighted by Crippen LogP contribution is -2.50. The van der Waals surface area contributed by atoms with Crippen LogP contribution in [-0.4, -0.2) is 81.9 Å². The number of amides is 2. The molecule has 0 saturated carbocycles. The van der Waals surface area contributed by atoms with Crippen LogP contribution in [0.15, 0.2) is 54.6 Å². The van der Waals surface area contributed by atoms with Crippen LogP contribution in [0, 0.1) is 5.82 Å². The third-order valence-electron chi connectivity index (χ3n) is 8.27. The molecule has 48 heavy (non-hydrogen) atoms. The van der Waals surface area contributed by atoms with Gasteiger partial charge in [-0.25, -0.2) is 14.0 Å². The monoisotopic (exact) mass is 663 g/mol. The molecule has 0 aliphatic carbocycles. The number of aromatic nitrogens is 2. The van der Waals surface area contributed by atoms with E-state index < -0.39 is 24.0 Å². The Morgan fingerprint density at radius 2 is 1.56 bits per heavy atom. The Hall–Kier alpha value is -4.91. The van der Waals surface area contributed by atoms with Crippen LogP contribution in [-0.2, 0) is 14.3 Å². The molecule has 2 amide bonds. The van der Waals surface area contributed by atoms with Crippen molar-refractivity contribution in [3.05, 3.63) is 71.6 Å². The second kappa shape index (κ2) is 17.3. The number of carboxylic acid groups (broad SMARTS) is 1. The number of ether oxygens (including phenoxy) is 1. The van der Waals surface area contributed by atoms with E-state index in [4.69, 9.17) is 9.84 Å². The van der Waals surface area contributed by atoms with Gasteiger partial charge >= 0.3 is 11.9 Å². The standard InChI is InChI=1S/C27H37FN4O5.C8H5NO2/c1-3-4-5-6-7-8-9-10-24(33)32-23-19-21(28)11-12-22(23)27(29-32)31-17-15-30(16-18-31)20(2)37-26(36)14-13-25(34)35;10-7-5-3-1-2-4-6(5)8(11)9-7/h11-14,19-20H,3-10,15-18H2,1-2H3,(H,34,35);1-4H,(H,9,10,11)/b14-13-;. The van der Waals surface area contributed by atoms with Gasteiger partial charge in [-0.3, -0.25) is 24.6 Å². The Kier molecular flexibility index (Phi) is 13.0. The van der Waals surface area contributed by atoms with Crippen molar-refractivity contribution in [1.82, 2.24) is 20.0 Å². The van der Waals surface area contributed by atoms with E-state index in [1.807, 2.05) is 9.80 Å². The van der Waals surface area contributed by atoms with Crippen molar-refractivity contribution in [2.45, 2.75) is 71.4 Å².